The van der Waals surface area contributed by atoms with E-state index in [2.05, 4.69) is 5.32 Å². The number of fused-ring (bicyclic) bond motifs is 1. The maximum absolute atomic E-state index is 11.5. The van der Waals surface area contributed by atoms with Crippen molar-refractivity contribution in [3.05, 3.63) is 34.9 Å². The lowest BCUT2D eigenvalue weighted by molar-refractivity contribution is -0.113. The molecule has 0 saturated carbocycles. The molecular formula is C11H8ClNO2. The van der Waals surface area contributed by atoms with E-state index < -0.39 is 0 Å². The number of carbonyl (C=O) groups excluding carboxylic acids is 2. The summed E-state index contributed by atoms with van der Waals surface area (Å²) in [7, 11) is 0. The van der Waals surface area contributed by atoms with Gasteiger partial charge in [-0.1, -0.05) is 23.7 Å². The summed E-state index contributed by atoms with van der Waals surface area (Å²) < 4.78 is 0. The number of carbonyl (C=O) groups is 2. The Morgan fingerprint density at radius 2 is 2.20 bits per heavy atom. The molecule has 0 spiro atoms. The number of halogens is 1. The van der Waals surface area contributed by atoms with Gasteiger partial charge in [0.2, 0.25) is 0 Å². The third-order valence-corrected chi connectivity index (χ3v) is 2.45. The van der Waals surface area contributed by atoms with Crippen LogP contribution in [0.4, 0.5) is 5.69 Å². The van der Waals surface area contributed by atoms with Crippen molar-refractivity contribution in [3.8, 4) is 0 Å². The van der Waals surface area contributed by atoms with Gasteiger partial charge in [-0.15, -0.1) is 0 Å². The van der Waals surface area contributed by atoms with Crippen LogP contribution in [-0.4, -0.2) is 11.7 Å². The Bertz CT molecular complexity index is 491. The van der Waals surface area contributed by atoms with E-state index in [1.54, 1.807) is 18.2 Å². The van der Waals surface area contributed by atoms with Crippen LogP contribution >= 0.6 is 11.6 Å². The van der Waals surface area contributed by atoms with Crippen molar-refractivity contribution in [1.29, 1.82) is 0 Å². The van der Waals surface area contributed by atoms with E-state index >= 15 is 0 Å². The van der Waals surface area contributed by atoms with Crippen LogP contribution in [0.15, 0.2) is 24.3 Å². The first-order valence-corrected chi connectivity index (χ1v) is 4.80. The van der Waals surface area contributed by atoms with Gasteiger partial charge in [0.15, 0.2) is 5.78 Å². The maximum Gasteiger partial charge on any atom is 0.256 e. The largest absolute Gasteiger partial charge is 0.320 e. The van der Waals surface area contributed by atoms with E-state index in [-0.39, 0.29) is 11.7 Å². The molecule has 4 heteroatoms. The van der Waals surface area contributed by atoms with E-state index in [0.29, 0.717) is 21.8 Å². The summed E-state index contributed by atoms with van der Waals surface area (Å²) in [5, 5.41) is 3.11. The average Bonchev–Trinajstić information content (AvgIpc) is 2.45. The van der Waals surface area contributed by atoms with Gasteiger partial charge < -0.3 is 5.32 Å². The van der Waals surface area contributed by atoms with Crippen molar-refractivity contribution in [2.24, 2.45) is 0 Å². The van der Waals surface area contributed by atoms with Gasteiger partial charge in [0.05, 0.1) is 16.3 Å². The lowest BCUT2D eigenvalue weighted by Gasteiger charge is -1.99. The molecule has 1 aliphatic heterocycles. The highest BCUT2D eigenvalue weighted by atomic mass is 35.5. The first-order chi connectivity index (χ1) is 7.09. The van der Waals surface area contributed by atoms with Crippen molar-refractivity contribution in [1.82, 2.24) is 0 Å². The highest BCUT2D eigenvalue weighted by Crippen LogP contribution is 2.36. The molecular weight excluding hydrogens is 214 g/mol. The van der Waals surface area contributed by atoms with E-state index in [1.165, 1.54) is 13.0 Å². The molecule has 0 saturated heterocycles. The molecule has 0 bridgehead atoms. The predicted octanol–water partition coefficient (Wildman–Crippen LogP) is 2.26. The molecule has 3 nitrogen and oxygen atoms in total. The summed E-state index contributed by atoms with van der Waals surface area (Å²) in [6, 6.07) is 5.20. The molecule has 0 aliphatic carbocycles. The van der Waals surface area contributed by atoms with Crippen LogP contribution in [0.1, 0.15) is 12.5 Å². The van der Waals surface area contributed by atoms with Crippen LogP contribution in [0, 0.1) is 0 Å². The Kier molecular flexibility index (Phi) is 2.32. The zero-order chi connectivity index (χ0) is 11.0. The highest BCUT2D eigenvalue weighted by molar-refractivity contribution is 6.40. The first-order valence-electron chi connectivity index (χ1n) is 4.42. The molecule has 1 N–H and O–H groups in total. The Morgan fingerprint density at radius 1 is 1.47 bits per heavy atom. The number of rotatable bonds is 1. The number of para-hydroxylation sites is 1. The topological polar surface area (TPSA) is 46.2 Å². The summed E-state index contributed by atoms with van der Waals surface area (Å²) in [5.74, 6) is -0.443. The minimum Gasteiger partial charge on any atom is -0.320 e. The number of hydrogen-bond donors (Lipinski definition) is 1. The molecule has 2 rings (SSSR count). The monoisotopic (exact) mass is 221 g/mol. The zero-order valence-corrected chi connectivity index (χ0v) is 8.76. The predicted molar refractivity (Wildman–Crippen MR) is 58.7 cm³/mol. The second-order valence-corrected chi connectivity index (χ2v) is 3.69. The van der Waals surface area contributed by atoms with Crippen molar-refractivity contribution >= 4 is 34.6 Å². The van der Waals surface area contributed by atoms with E-state index in [0.717, 1.165) is 0 Å². The van der Waals surface area contributed by atoms with E-state index in [9.17, 15) is 9.59 Å². The smallest absolute Gasteiger partial charge is 0.256 e. The number of benzene rings is 1. The third kappa shape index (κ3) is 1.66. The van der Waals surface area contributed by atoms with Gasteiger partial charge in [-0.05, 0) is 19.1 Å². The Balaban J connectivity index is 2.61. The fourth-order valence-corrected chi connectivity index (χ4v) is 1.75. The number of allylic oxidation sites excluding steroid dienone is 1. The van der Waals surface area contributed by atoms with Gasteiger partial charge in [-0.2, -0.15) is 0 Å². The van der Waals surface area contributed by atoms with Crippen LogP contribution in [0.5, 0.6) is 0 Å². The summed E-state index contributed by atoms with van der Waals surface area (Å²) in [6.07, 6.45) is 1.32. The minimum atomic E-state index is -0.284. The second kappa shape index (κ2) is 3.51. The molecule has 0 fully saturated rings. The SMILES string of the molecule is CC(=O)/C=C1/C(=O)Nc2c(Cl)cccc21. The number of hydrogen-bond acceptors (Lipinski definition) is 2. The highest BCUT2D eigenvalue weighted by Gasteiger charge is 2.25. The van der Waals surface area contributed by atoms with Gasteiger partial charge in [-0.3, -0.25) is 9.59 Å². The van der Waals surface area contributed by atoms with Gasteiger partial charge in [-0.25, -0.2) is 0 Å². The Morgan fingerprint density at radius 3 is 2.87 bits per heavy atom. The van der Waals surface area contributed by atoms with Crippen molar-refractivity contribution in [2.75, 3.05) is 5.32 Å². The molecule has 1 aromatic carbocycles. The molecule has 1 heterocycles. The second-order valence-electron chi connectivity index (χ2n) is 3.29. The third-order valence-electron chi connectivity index (χ3n) is 2.13. The fraction of sp³-hybridized carbons (Fsp3) is 0.0909. The number of ketones is 1. The lowest BCUT2D eigenvalue weighted by Crippen LogP contribution is -2.04. The molecule has 0 aromatic heterocycles. The zero-order valence-electron chi connectivity index (χ0n) is 8.00. The van der Waals surface area contributed by atoms with Gasteiger partial charge >= 0.3 is 0 Å². The van der Waals surface area contributed by atoms with Gasteiger partial charge in [0, 0.05) is 5.56 Å². The van der Waals surface area contributed by atoms with E-state index in [1.807, 2.05) is 0 Å². The minimum absolute atomic E-state index is 0.159. The molecule has 1 amide bonds. The maximum atomic E-state index is 11.5. The number of anilines is 1. The Hall–Kier alpha value is -1.61. The molecule has 0 radical (unpaired) electrons. The van der Waals surface area contributed by atoms with Gasteiger partial charge in [0.1, 0.15) is 0 Å². The normalized spacial score (nSPS) is 16.4. The van der Waals surface area contributed by atoms with Crippen molar-refractivity contribution in [2.45, 2.75) is 6.92 Å². The first kappa shape index (κ1) is 9.93. The van der Waals surface area contributed by atoms with Gasteiger partial charge in [0.25, 0.3) is 5.91 Å². The standard InChI is InChI=1S/C11H8ClNO2/c1-6(14)5-8-7-3-2-4-9(12)10(7)13-11(8)15/h2-5H,1H3,(H,13,15)/b8-5+. The quantitative estimate of drug-likeness (QED) is 0.740. The lowest BCUT2D eigenvalue weighted by atomic mass is 10.1. The molecule has 0 unspecified atom stereocenters. The molecule has 76 valence electrons. The summed E-state index contributed by atoms with van der Waals surface area (Å²) >= 11 is 5.91. The van der Waals surface area contributed by atoms with Crippen LogP contribution in [0.3, 0.4) is 0 Å². The van der Waals surface area contributed by atoms with Crippen molar-refractivity contribution < 1.29 is 9.59 Å². The van der Waals surface area contributed by atoms with Crippen LogP contribution in [0.2, 0.25) is 5.02 Å². The summed E-state index contributed by atoms with van der Waals surface area (Å²) in [5.41, 5.74) is 1.64. The van der Waals surface area contributed by atoms with E-state index in [4.69, 9.17) is 11.6 Å². The fourth-order valence-electron chi connectivity index (χ4n) is 1.53. The number of nitrogens with one attached hydrogen (secondary N) is 1. The molecule has 15 heavy (non-hydrogen) atoms. The van der Waals surface area contributed by atoms with Crippen LogP contribution in [-0.2, 0) is 9.59 Å². The van der Waals surface area contributed by atoms with Crippen LogP contribution in [0.25, 0.3) is 5.57 Å². The summed E-state index contributed by atoms with van der Waals surface area (Å²) in [6.45, 7) is 1.41. The van der Waals surface area contributed by atoms with Crippen LogP contribution < -0.4 is 5.32 Å². The Labute approximate surface area is 91.7 Å². The number of amides is 1. The molecule has 1 aliphatic rings. The average molecular weight is 222 g/mol. The molecule has 0 atom stereocenters. The summed E-state index contributed by atoms with van der Waals surface area (Å²) in [4.78, 5) is 22.5. The molecule has 1 aromatic rings. The van der Waals surface area contributed by atoms with Crippen molar-refractivity contribution in [3.63, 3.8) is 0 Å².